The van der Waals surface area contributed by atoms with E-state index in [0.717, 1.165) is 0 Å². The van der Waals surface area contributed by atoms with Gasteiger partial charge in [-0.3, -0.25) is 0 Å². The largest absolute Gasteiger partial charge is 0.0705 e. The minimum atomic E-state index is -0.942. The molecule has 0 amide bonds. The third-order valence-electron chi connectivity index (χ3n) is 5.78. The van der Waals surface area contributed by atoms with Crippen molar-refractivity contribution in [3.63, 3.8) is 0 Å². The molecule has 0 saturated heterocycles. The van der Waals surface area contributed by atoms with Crippen LogP contribution in [0.5, 0.6) is 0 Å². The van der Waals surface area contributed by atoms with E-state index < -0.39 is 6.46 Å². The number of rotatable bonds is 21. The highest BCUT2D eigenvalue weighted by Gasteiger charge is 2.31. The first-order valence-electron chi connectivity index (χ1n) is 12.3. The van der Waals surface area contributed by atoms with E-state index in [1.807, 2.05) is 0 Å². The van der Waals surface area contributed by atoms with Gasteiger partial charge in [0.2, 0.25) is 0 Å². The molecule has 0 aromatic rings. The first kappa shape index (κ1) is 26.8. The normalized spacial score (nSPS) is 12.0. The summed E-state index contributed by atoms with van der Waals surface area (Å²) in [6, 6.07) is 0. The van der Waals surface area contributed by atoms with Crippen molar-refractivity contribution in [1.82, 2.24) is 0 Å². The lowest BCUT2D eigenvalue weighted by molar-refractivity contribution is 0.617. The van der Waals surface area contributed by atoms with Gasteiger partial charge in [-0.2, -0.15) is 0 Å². The maximum Gasteiger partial charge on any atom is 0.0705 e. The summed E-state index contributed by atoms with van der Waals surface area (Å²) in [6.07, 6.45) is 30.2. The van der Waals surface area contributed by atoms with Gasteiger partial charge in [0.25, 0.3) is 0 Å². The summed E-state index contributed by atoms with van der Waals surface area (Å²) in [6.45, 7) is 5.99. The van der Waals surface area contributed by atoms with Crippen molar-refractivity contribution >= 4 is 18.7 Å². The van der Waals surface area contributed by atoms with Crippen molar-refractivity contribution in [3.05, 3.63) is 0 Å². The van der Waals surface area contributed by atoms with Gasteiger partial charge in [0.15, 0.2) is 0 Å². The van der Waals surface area contributed by atoms with Crippen LogP contribution in [0.2, 0.25) is 0 Å². The zero-order chi connectivity index (χ0) is 19.3. The summed E-state index contributed by atoms with van der Waals surface area (Å²) in [5, 5.41) is 0. The first-order valence-corrected chi connectivity index (χ1v) is 15.8. The zero-order valence-corrected chi connectivity index (χ0v) is 20.5. The lowest BCUT2D eigenvalue weighted by atomic mass is 10.1. The Morgan fingerprint density at radius 1 is 0.385 bits per heavy atom. The minimum absolute atomic E-state index is 0.942. The van der Waals surface area contributed by atoms with Crippen molar-refractivity contribution in [1.29, 1.82) is 0 Å². The highest BCUT2D eigenvalue weighted by atomic mass is 32.7. The summed E-state index contributed by atoms with van der Waals surface area (Å²) in [5.41, 5.74) is 0. The lowest BCUT2D eigenvalue weighted by Crippen LogP contribution is -2.04. The first-order chi connectivity index (χ1) is 12.7. The summed E-state index contributed by atoms with van der Waals surface area (Å²) >= 11 is 5.36. The molecule has 0 saturated carbocycles. The van der Waals surface area contributed by atoms with Crippen molar-refractivity contribution < 1.29 is 0 Å². The van der Waals surface area contributed by atoms with Crippen molar-refractivity contribution in [2.24, 2.45) is 0 Å². The highest BCUT2D eigenvalue weighted by molar-refractivity contribution is 8.53. The van der Waals surface area contributed by atoms with Gasteiger partial charge in [0.1, 0.15) is 0 Å². The Kier molecular flexibility index (Phi) is 21.1. The number of hydrogen-bond acceptors (Lipinski definition) is 1. The molecule has 0 heterocycles. The summed E-state index contributed by atoms with van der Waals surface area (Å²) in [4.78, 5) is 0. The Hall–Kier alpha value is 0.780. The van der Waals surface area contributed by atoms with E-state index in [2.05, 4.69) is 20.8 Å². The third-order valence-corrected chi connectivity index (χ3v) is 11.0. The summed E-state index contributed by atoms with van der Waals surface area (Å²) in [5.74, 6) is 0. The number of unbranched alkanes of at least 4 members (excludes halogenated alkanes) is 15. The molecule has 0 fully saturated rings. The maximum absolute atomic E-state index is 5.36. The van der Waals surface area contributed by atoms with E-state index in [0.29, 0.717) is 0 Å². The third kappa shape index (κ3) is 18.2. The molecule has 0 aromatic heterocycles. The Morgan fingerprint density at radius 3 is 0.885 bits per heavy atom. The fraction of sp³-hybridized carbons (Fsp3) is 1.00. The topological polar surface area (TPSA) is 0 Å². The Balaban J connectivity index is 4.02. The standard InChI is InChI=1S/C24H52PS/c1-4-7-10-13-16-19-22-25(26,23-20-17-14-11-8-5-2)24-21-18-15-12-9-6-3/h26H,4-24H2,1-3H3/q+1. The van der Waals surface area contributed by atoms with E-state index >= 15 is 0 Å². The molecular weight excluding hydrogens is 351 g/mol. The molecule has 0 spiro atoms. The Bertz CT molecular complexity index is 226. The van der Waals surface area contributed by atoms with Crippen molar-refractivity contribution in [2.75, 3.05) is 18.5 Å². The molecule has 0 aromatic carbocycles. The average Bonchev–Trinajstić information content (AvgIpc) is 2.64. The smallest absolute Gasteiger partial charge is 0.0654 e. The van der Waals surface area contributed by atoms with Crippen LogP contribution in [0.1, 0.15) is 136 Å². The van der Waals surface area contributed by atoms with E-state index in [9.17, 15) is 0 Å². The zero-order valence-electron chi connectivity index (χ0n) is 18.7. The van der Waals surface area contributed by atoms with Crippen LogP contribution < -0.4 is 0 Å². The molecule has 26 heavy (non-hydrogen) atoms. The fourth-order valence-corrected chi connectivity index (χ4v) is 8.28. The van der Waals surface area contributed by atoms with Gasteiger partial charge in [0.05, 0.1) is 25.0 Å². The van der Waals surface area contributed by atoms with Crippen LogP contribution in [-0.2, 0) is 0 Å². The maximum atomic E-state index is 5.36. The average molecular weight is 404 g/mol. The Morgan fingerprint density at radius 2 is 0.615 bits per heavy atom. The predicted molar refractivity (Wildman–Crippen MR) is 131 cm³/mol. The second-order valence-corrected chi connectivity index (χ2v) is 14.6. The molecule has 0 aliphatic heterocycles. The fourth-order valence-electron chi connectivity index (χ4n) is 3.89. The second-order valence-electron chi connectivity index (χ2n) is 8.57. The molecule has 158 valence electrons. The molecule has 0 aliphatic carbocycles. The van der Waals surface area contributed by atoms with Gasteiger partial charge in [0, 0.05) is 12.2 Å². The summed E-state index contributed by atoms with van der Waals surface area (Å²) < 4.78 is 0. The van der Waals surface area contributed by atoms with Crippen LogP contribution in [-0.4, -0.2) is 18.5 Å². The molecule has 2 heteroatoms. The quantitative estimate of drug-likeness (QED) is 0.110. The molecule has 0 atom stereocenters. The molecular formula is C24H52PS+. The van der Waals surface area contributed by atoms with E-state index in [4.69, 9.17) is 12.2 Å². The van der Waals surface area contributed by atoms with Crippen LogP contribution >= 0.6 is 18.7 Å². The molecule has 0 N–H and O–H groups in total. The van der Waals surface area contributed by atoms with Crippen molar-refractivity contribution in [2.45, 2.75) is 136 Å². The van der Waals surface area contributed by atoms with Crippen LogP contribution in [0.25, 0.3) is 0 Å². The predicted octanol–water partition coefficient (Wildman–Crippen LogP) is 9.93. The van der Waals surface area contributed by atoms with Crippen LogP contribution in [0.4, 0.5) is 0 Å². The molecule has 0 nitrogen and oxygen atoms in total. The monoisotopic (exact) mass is 403 g/mol. The van der Waals surface area contributed by atoms with Gasteiger partial charge in [-0.15, -0.1) is 0 Å². The van der Waals surface area contributed by atoms with Gasteiger partial charge in [-0.05, 0) is 38.5 Å². The van der Waals surface area contributed by atoms with Crippen LogP contribution in [0, 0.1) is 0 Å². The van der Waals surface area contributed by atoms with Gasteiger partial charge >= 0.3 is 0 Å². The second kappa shape index (κ2) is 20.5. The van der Waals surface area contributed by atoms with Crippen LogP contribution in [0.3, 0.4) is 0 Å². The minimum Gasteiger partial charge on any atom is -0.0654 e. The molecule has 0 rings (SSSR count). The number of hydrogen-bond donors (Lipinski definition) is 1. The Labute approximate surface area is 173 Å². The summed E-state index contributed by atoms with van der Waals surface area (Å²) in [7, 11) is 0. The van der Waals surface area contributed by atoms with Gasteiger partial charge < -0.3 is 0 Å². The molecule has 0 bridgehead atoms. The molecule has 0 unspecified atom stereocenters. The van der Waals surface area contributed by atoms with Crippen molar-refractivity contribution in [3.8, 4) is 0 Å². The molecule has 0 radical (unpaired) electrons. The van der Waals surface area contributed by atoms with E-state index in [-0.39, 0.29) is 0 Å². The number of thiol groups is 1. The van der Waals surface area contributed by atoms with E-state index in [1.54, 1.807) is 0 Å². The van der Waals surface area contributed by atoms with Crippen LogP contribution in [0.15, 0.2) is 0 Å². The van der Waals surface area contributed by atoms with Gasteiger partial charge in [-0.1, -0.05) is 97.8 Å². The SMILES string of the molecule is CCCCCCCC[P+](S)(CCCCCCCC)CCCCCCCC. The molecule has 0 aliphatic rings. The lowest BCUT2D eigenvalue weighted by Gasteiger charge is -2.22. The van der Waals surface area contributed by atoms with E-state index in [1.165, 1.54) is 134 Å². The van der Waals surface area contributed by atoms with Gasteiger partial charge in [-0.25, -0.2) is 0 Å². The highest BCUT2D eigenvalue weighted by Crippen LogP contribution is 2.65.